The zero-order chi connectivity index (χ0) is 13.7. The van der Waals surface area contributed by atoms with Gasteiger partial charge in [-0.1, -0.05) is 0 Å². The highest BCUT2D eigenvalue weighted by Gasteiger charge is 2.29. The molecule has 0 aliphatic carbocycles. The number of aromatic nitrogens is 1. The number of rotatable bonds is 5. The van der Waals surface area contributed by atoms with Crippen LogP contribution >= 0.6 is 0 Å². The van der Waals surface area contributed by atoms with Crippen molar-refractivity contribution in [3.8, 4) is 0 Å². The molecular formula is C12H18N2O4S. The Morgan fingerprint density at radius 1 is 1.42 bits per heavy atom. The standard InChI is InChI=1S/C12H18N2O4S/c15-8-9-18-11-3-6-14(7-4-11)19(16,17)12-2-1-5-13-10-12/h1-2,5,10-11,15H,3-4,6-9H2. The molecule has 6 nitrogen and oxygen atoms in total. The van der Waals surface area contributed by atoms with Crippen molar-refractivity contribution in [2.75, 3.05) is 26.3 Å². The Bertz CT molecular complexity index is 484. The molecule has 0 bridgehead atoms. The summed E-state index contributed by atoms with van der Waals surface area (Å²) in [5, 5.41) is 8.69. The molecule has 1 N–H and O–H groups in total. The second-order valence-corrected chi connectivity index (χ2v) is 6.32. The highest BCUT2D eigenvalue weighted by atomic mass is 32.2. The number of hydrogen-bond donors (Lipinski definition) is 1. The van der Waals surface area contributed by atoms with E-state index >= 15 is 0 Å². The van der Waals surface area contributed by atoms with Crippen LogP contribution in [0.2, 0.25) is 0 Å². The molecular weight excluding hydrogens is 268 g/mol. The number of piperidine rings is 1. The van der Waals surface area contributed by atoms with Gasteiger partial charge < -0.3 is 9.84 Å². The fourth-order valence-corrected chi connectivity index (χ4v) is 3.54. The molecule has 0 aromatic carbocycles. The molecule has 0 saturated carbocycles. The number of aliphatic hydroxyl groups excluding tert-OH is 1. The van der Waals surface area contributed by atoms with Crippen LogP contribution in [-0.4, -0.2) is 55.2 Å². The lowest BCUT2D eigenvalue weighted by molar-refractivity contribution is 0.00318. The largest absolute Gasteiger partial charge is 0.394 e. The first kappa shape index (κ1) is 14.4. The first-order valence-electron chi connectivity index (χ1n) is 6.27. The quantitative estimate of drug-likeness (QED) is 0.839. The monoisotopic (exact) mass is 286 g/mol. The molecule has 0 amide bonds. The maximum absolute atomic E-state index is 12.3. The van der Waals surface area contributed by atoms with Gasteiger partial charge in [0.05, 0.1) is 19.3 Å². The van der Waals surface area contributed by atoms with Crippen LogP contribution in [0.5, 0.6) is 0 Å². The van der Waals surface area contributed by atoms with Crippen LogP contribution in [0.15, 0.2) is 29.4 Å². The van der Waals surface area contributed by atoms with Crippen LogP contribution in [0.1, 0.15) is 12.8 Å². The van der Waals surface area contributed by atoms with Gasteiger partial charge in [-0.3, -0.25) is 4.98 Å². The number of hydrogen-bond acceptors (Lipinski definition) is 5. The van der Waals surface area contributed by atoms with Gasteiger partial charge in [-0.2, -0.15) is 4.31 Å². The molecule has 0 atom stereocenters. The van der Waals surface area contributed by atoms with E-state index in [0.29, 0.717) is 32.5 Å². The van der Waals surface area contributed by atoms with Crippen LogP contribution in [0.3, 0.4) is 0 Å². The van der Waals surface area contributed by atoms with Crippen molar-refractivity contribution in [2.45, 2.75) is 23.8 Å². The summed E-state index contributed by atoms with van der Waals surface area (Å²) in [5.74, 6) is 0. The molecule has 106 valence electrons. The number of aliphatic hydroxyl groups is 1. The molecule has 1 saturated heterocycles. The van der Waals surface area contributed by atoms with E-state index in [1.54, 1.807) is 18.3 Å². The zero-order valence-electron chi connectivity index (χ0n) is 10.6. The van der Waals surface area contributed by atoms with E-state index in [2.05, 4.69) is 4.98 Å². The van der Waals surface area contributed by atoms with Crippen molar-refractivity contribution in [3.63, 3.8) is 0 Å². The van der Waals surface area contributed by atoms with Gasteiger partial charge >= 0.3 is 0 Å². The number of sulfonamides is 1. The fourth-order valence-electron chi connectivity index (χ4n) is 2.11. The Kier molecular flexibility index (Phi) is 4.87. The van der Waals surface area contributed by atoms with E-state index in [4.69, 9.17) is 9.84 Å². The summed E-state index contributed by atoms with van der Waals surface area (Å²) in [7, 11) is -3.44. The van der Waals surface area contributed by atoms with E-state index < -0.39 is 10.0 Å². The Balaban J connectivity index is 1.98. The molecule has 7 heteroatoms. The predicted molar refractivity (Wildman–Crippen MR) is 69.1 cm³/mol. The van der Waals surface area contributed by atoms with Gasteiger partial charge in [-0.15, -0.1) is 0 Å². The first-order valence-corrected chi connectivity index (χ1v) is 7.71. The Hall–Kier alpha value is -1.02. The third kappa shape index (κ3) is 3.50. The molecule has 1 aliphatic heterocycles. The van der Waals surface area contributed by atoms with E-state index in [9.17, 15) is 8.42 Å². The highest BCUT2D eigenvalue weighted by molar-refractivity contribution is 7.89. The van der Waals surface area contributed by atoms with Gasteiger partial charge in [0.15, 0.2) is 0 Å². The molecule has 1 aromatic heterocycles. The summed E-state index contributed by atoms with van der Waals surface area (Å²) in [6.07, 6.45) is 4.25. The van der Waals surface area contributed by atoms with Crippen LogP contribution in [0.4, 0.5) is 0 Å². The van der Waals surface area contributed by atoms with Gasteiger partial charge in [0.2, 0.25) is 10.0 Å². The van der Waals surface area contributed by atoms with E-state index in [1.165, 1.54) is 10.5 Å². The van der Waals surface area contributed by atoms with Crippen molar-refractivity contribution in [2.24, 2.45) is 0 Å². The summed E-state index contributed by atoms with van der Waals surface area (Å²) in [4.78, 5) is 4.07. The van der Waals surface area contributed by atoms with Crippen molar-refractivity contribution in [1.29, 1.82) is 0 Å². The van der Waals surface area contributed by atoms with Gasteiger partial charge in [0.25, 0.3) is 0 Å². The van der Waals surface area contributed by atoms with Crippen molar-refractivity contribution >= 4 is 10.0 Å². The molecule has 0 unspecified atom stereocenters. The number of ether oxygens (including phenoxy) is 1. The fraction of sp³-hybridized carbons (Fsp3) is 0.583. The van der Waals surface area contributed by atoms with E-state index in [0.717, 1.165) is 0 Å². The molecule has 0 spiro atoms. The lowest BCUT2D eigenvalue weighted by Gasteiger charge is -2.30. The predicted octanol–water partition coefficient (Wildman–Crippen LogP) is 0.244. The van der Waals surface area contributed by atoms with Crippen molar-refractivity contribution < 1.29 is 18.3 Å². The van der Waals surface area contributed by atoms with Crippen LogP contribution < -0.4 is 0 Å². The second kappa shape index (κ2) is 6.42. The summed E-state index contributed by atoms with van der Waals surface area (Å²) < 4.78 is 31.5. The Morgan fingerprint density at radius 3 is 2.74 bits per heavy atom. The summed E-state index contributed by atoms with van der Waals surface area (Å²) in [6.45, 7) is 1.18. The third-order valence-corrected chi connectivity index (χ3v) is 5.00. The van der Waals surface area contributed by atoms with E-state index in [-0.39, 0.29) is 17.6 Å². The summed E-state index contributed by atoms with van der Waals surface area (Å²) in [5.41, 5.74) is 0. The summed E-state index contributed by atoms with van der Waals surface area (Å²) >= 11 is 0. The normalized spacial score (nSPS) is 18.6. The average molecular weight is 286 g/mol. The Labute approximate surface area is 113 Å². The van der Waals surface area contributed by atoms with Gasteiger partial charge in [-0.25, -0.2) is 8.42 Å². The lowest BCUT2D eigenvalue weighted by atomic mass is 10.1. The number of nitrogens with zero attached hydrogens (tertiary/aromatic N) is 2. The van der Waals surface area contributed by atoms with E-state index in [1.807, 2.05) is 0 Å². The van der Waals surface area contributed by atoms with Crippen molar-refractivity contribution in [3.05, 3.63) is 24.5 Å². The minimum absolute atomic E-state index is 0.00576. The molecule has 0 radical (unpaired) electrons. The van der Waals surface area contributed by atoms with Gasteiger partial charge in [0, 0.05) is 25.5 Å². The minimum Gasteiger partial charge on any atom is -0.394 e. The Morgan fingerprint density at radius 2 is 2.16 bits per heavy atom. The first-order chi connectivity index (χ1) is 9.14. The van der Waals surface area contributed by atoms with Gasteiger partial charge in [-0.05, 0) is 25.0 Å². The molecule has 1 aliphatic rings. The van der Waals surface area contributed by atoms with Crippen molar-refractivity contribution in [1.82, 2.24) is 9.29 Å². The molecule has 1 aromatic rings. The molecule has 1 fully saturated rings. The van der Waals surface area contributed by atoms with Gasteiger partial charge in [0.1, 0.15) is 4.90 Å². The maximum atomic E-state index is 12.3. The average Bonchev–Trinajstić information content (AvgIpc) is 2.46. The third-order valence-electron chi connectivity index (χ3n) is 3.12. The van der Waals surface area contributed by atoms with Crippen LogP contribution in [0.25, 0.3) is 0 Å². The SMILES string of the molecule is O=S(=O)(c1cccnc1)N1CCC(OCCO)CC1. The van der Waals surface area contributed by atoms with Crippen LogP contribution in [-0.2, 0) is 14.8 Å². The highest BCUT2D eigenvalue weighted by Crippen LogP contribution is 2.21. The lowest BCUT2D eigenvalue weighted by Crippen LogP contribution is -2.41. The zero-order valence-corrected chi connectivity index (χ0v) is 11.4. The minimum atomic E-state index is -3.44. The van der Waals surface area contributed by atoms with Crippen LogP contribution in [0, 0.1) is 0 Å². The topological polar surface area (TPSA) is 79.7 Å². The number of pyridine rings is 1. The maximum Gasteiger partial charge on any atom is 0.244 e. The molecule has 2 heterocycles. The molecule has 19 heavy (non-hydrogen) atoms. The second-order valence-electron chi connectivity index (χ2n) is 4.39. The molecule has 2 rings (SSSR count). The summed E-state index contributed by atoms with van der Waals surface area (Å²) in [6, 6.07) is 3.17. The smallest absolute Gasteiger partial charge is 0.244 e.